The van der Waals surface area contributed by atoms with E-state index < -0.39 is 0 Å². The molecule has 0 spiro atoms. The van der Waals surface area contributed by atoms with E-state index in [9.17, 15) is 0 Å². The summed E-state index contributed by atoms with van der Waals surface area (Å²) in [6, 6.07) is 7.32. The first kappa shape index (κ1) is 10.6. The Labute approximate surface area is 88.4 Å². The van der Waals surface area contributed by atoms with E-state index in [2.05, 4.69) is 6.58 Å². The van der Waals surface area contributed by atoms with Crippen LogP contribution in [0.15, 0.2) is 29.8 Å². The van der Waals surface area contributed by atoms with Crippen LogP contribution in [0.25, 0.3) is 0 Å². The van der Waals surface area contributed by atoms with Crippen molar-refractivity contribution in [2.75, 3.05) is 6.61 Å². The van der Waals surface area contributed by atoms with E-state index in [0.717, 1.165) is 5.56 Å². The Morgan fingerprint density at radius 2 is 2.36 bits per heavy atom. The molecule has 0 saturated carbocycles. The van der Waals surface area contributed by atoms with Crippen LogP contribution < -0.4 is 4.74 Å². The molecule has 2 nitrogen and oxygen atoms in total. The van der Waals surface area contributed by atoms with Crippen molar-refractivity contribution < 1.29 is 4.74 Å². The second-order valence-corrected chi connectivity index (χ2v) is 3.43. The SMILES string of the molecule is C=C(Cl)COc1cc(C#N)ccc1C. The predicted octanol–water partition coefficient (Wildman–Crippen LogP) is 3.00. The summed E-state index contributed by atoms with van der Waals surface area (Å²) in [6.45, 7) is 5.69. The van der Waals surface area contributed by atoms with Gasteiger partial charge in [0.25, 0.3) is 0 Å². The molecule has 0 amide bonds. The van der Waals surface area contributed by atoms with Gasteiger partial charge in [-0.3, -0.25) is 0 Å². The molecule has 1 aromatic carbocycles. The Balaban J connectivity index is 2.85. The molecule has 0 unspecified atom stereocenters. The van der Waals surface area contributed by atoms with E-state index in [4.69, 9.17) is 21.6 Å². The fourth-order valence-corrected chi connectivity index (χ4v) is 1.04. The van der Waals surface area contributed by atoms with Gasteiger partial charge in [0.1, 0.15) is 12.4 Å². The summed E-state index contributed by atoms with van der Waals surface area (Å²) in [5.74, 6) is 0.672. The Hall–Kier alpha value is -1.46. The zero-order valence-corrected chi connectivity index (χ0v) is 8.64. The van der Waals surface area contributed by atoms with Gasteiger partial charge in [-0.2, -0.15) is 5.26 Å². The smallest absolute Gasteiger partial charge is 0.124 e. The van der Waals surface area contributed by atoms with Crippen molar-refractivity contribution in [1.29, 1.82) is 5.26 Å². The molecule has 14 heavy (non-hydrogen) atoms. The van der Waals surface area contributed by atoms with Crippen LogP contribution in [-0.4, -0.2) is 6.61 Å². The maximum absolute atomic E-state index is 8.68. The minimum Gasteiger partial charge on any atom is -0.488 e. The second-order valence-electron chi connectivity index (χ2n) is 2.90. The average Bonchev–Trinajstić information content (AvgIpc) is 2.16. The summed E-state index contributed by atoms with van der Waals surface area (Å²) < 4.78 is 5.36. The van der Waals surface area contributed by atoms with Crippen LogP contribution in [0, 0.1) is 18.3 Å². The third kappa shape index (κ3) is 2.79. The minimum atomic E-state index is 0.261. The summed E-state index contributed by atoms with van der Waals surface area (Å²) in [6.07, 6.45) is 0. The maximum atomic E-state index is 8.68. The zero-order chi connectivity index (χ0) is 10.6. The van der Waals surface area contributed by atoms with Crippen LogP contribution >= 0.6 is 11.6 Å². The normalized spacial score (nSPS) is 9.21. The molecule has 0 aliphatic rings. The van der Waals surface area contributed by atoms with E-state index in [1.165, 1.54) is 0 Å². The number of hydrogen-bond donors (Lipinski definition) is 0. The standard InChI is InChI=1S/C11H10ClNO/c1-8-3-4-10(6-13)5-11(8)14-7-9(2)12/h3-5H,2,7H2,1H3. The van der Waals surface area contributed by atoms with Gasteiger partial charge in [-0.05, 0) is 24.6 Å². The Morgan fingerprint density at radius 1 is 1.64 bits per heavy atom. The summed E-state index contributed by atoms with van der Waals surface area (Å²) in [5, 5.41) is 9.12. The van der Waals surface area contributed by atoms with Crippen molar-refractivity contribution in [3.8, 4) is 11.8 Å². The van der Waals surface area contributed by atoms with E-state index in [1.54, 1.807) is 12.1 Å². The monoisotopic (exact) mass is 207 g/mol. The van der Waals surface area contributed by atoms with E-state index in [0.29, 0.717) is 16.3 Å². The Morgan fingerprint density at radius 3 is 2.93 bits per heavy atom. The fourth-order valence-electron chi connectivity index (χ4n) is 0.981. The van der Waals surface area contributed by atoms with Crippen molar-refractivity contribution in [2.24, 2.45) is 0 Å². The molecule has 1 aromatic rings. The lowest BCUT2D eigenvalue weighted by Crippen LogP contribution is -1.98. The largest absolute Gasteiger partial charge is 0.488 e. The number of aryl methyl sites for hydroxylation is 1. The van der Waals surface area contributed by atoms with Gasteiger partial charge in [0, 0.05) is 5.03 Å². The van der Waals surface area contributed by atoms with Gasteiger partial charge in [0.15, 0.2) is 0 Å². The number of halogens is 1. The molecule has 0 fully saturated rings. The molecule has 72 valence electrons. The number of hydrogen-bond acceptors (Lipinski definition) is 2. The molecule has 0 aliphatic heterocycles. The second kappa shape index (κ2) is 4.69. The molecule has 3 heteroatoms. The molecule has 1 rings (SSSR count). The highest BCUT2D eigenvalue weighted by Gasteiger charge is 2.01. The van der Waals surface area contributed by atoms with Crippen molar-refractivity contribution in [1.82, 2.24) is 0 Å². The first-order chi connectivity index (χ1) is 6.63. The van der Waals surface area contributed by atoms with Gasteiger partial charge in [-0.25, -0.2) is 0 Å². The molecule has 0 N–H and O–H groups in total. The molecule has 0 saturated heterocycles. The Bertz CT molecular complexity index is 393. The molecule has 0 radical (unpaired) electrons. The van der Waals surface area contributed by atoms with Gasteiger partial charge < -0.3 is 4.74 Å². The number of nitriles is 1. The van der Waals surface area contributed by atoms with Gasteiger partial charge >= 0.3 is 0 Å². The summed E-state index contributed by atoms with van der Waals surface area (Å²) >= 11 is 5.57. The lowest BCUT2D eigenvalue weighted by Gasteiger charge is -2.07. The molecular formula is C11H10ClNO. The molecule has 0 heterocycles. The van der Waals surface area contributed by atoms with Crippen LogP contribution in [0.5, 0.6) is 5.75 Å². The van der Waals surface area contributed by atoms with E-state index in [1.807, 2.05) is 19.1 Å². The van der Waals surface area contributed by atoms with E-state index in [-0.39, 0.29) is 6.61 Å². The number of rotatable bonds is 3. The number of ether oxygens (including phenoxy) is 1. The lowest BCUT2D eigenvalue weighted by molar-refractivity contribution is 0.357. The Kier molecular flexibility index (Phi) is 3.55. The van der Waals surface area contributed by atoms with Crippen molar-refractivity contribution >= 4 is 11.6 Å². The van der Waals surface area contributed by atoms with Gasteiger partial charge in [0.2, 0.25) is 0 Å². The fraction of sp³-hybridized carbons (Fsp3) is 0.182. The van der Waals surface area contributed by atoms with E-state index >= 15 is 0 Å². The first-order valence-electron chi connectivity index (χ1n) is 4.10. The third-order valence-electron chi connectivity index (χ3n) is 1.70. The van der Waals surface area contributed by atoms with Crippen molar-refractivity contribution in [3.63, 3.8) is 0 Å². The maximum Gasteiger partial charge on any atom is 0.124 e. The molecule has 0 bridgehead atoms. The highest BCUT2D eigenvalue weighted by molar-refractivity contribution is 6.29. The van der Waals surface area contributed by atoms with Gasteiger partial charge in [-0.15, -0.1) is 0 Å². The molecular weight excluding hydrogens is 198 g/mol. The highest BCUT2D eigenvalue weighted by Crippen LogP contribution is 2.19. The molecule has 0 atom stereocenters. The lowest BCUT2D eigenvalue weighted by atomic mass is 10.1. The summed E-state index contributed by atoms with van der Waals surface area (Å²) in [4.78, 5) is 0. The summed E-state index contributed by atoms with van der Waals surface area (Å²) in [7, 11) is 0. The number of benzene rings is 1. The average molecular weight is 208 g/mol. The zero-order valence-electron chi connectivity index (χ0n) is 7.88. The molecule has 0 aromatic heterocycles. The van der Waals surface area contributed by atoms with Crippen LogP contribution in [-0.2, 0) is 0 Å². The highest BCUT2D eigenvalue weighted by atomic mass is 35.5. The van der Waals surface area contributed by atoms with Crippen molar-refractivity contribution in [2.45, 2.75) is 6.92 Å². The topological polar surface area (TPSA) is 33.0 Å². The van der Waals surface area contributed by atoms with Crippen LogP contribution in [0.4, 0.5) is 0 Å². The van der Waals surface area contributed by atoms with Crippen molar-refractivity contribution in [3.05, 3.63) is 40.9 Å². The van der Waals surface area contributed by atoms with Crippen LogP contribution in [0.1, 0.15) is 11.1 Å². The summed E-state index contributed by atoms with van der Waals surface area (Å²) in [5.41, 5.74) is 1.55. The third-order valence-corrected chi connectivity index (χ3v) is 1.81. The minimum absolute atomic E-state index is 0.261. The predicted molar refractivity (Wildman–Crippen MR) is 56.4 cm³/mol. The van der Waals surface area contributed by atoms with Gasteiger partial charge in [-0.1, -0.05) is 24.2 Å². The number of nitrogens with zero attached hydrogens (tertiary/aromatic N) is 1. The van der Waals surface area contributed by atoms with Crippen LogP contribution in [0.3, 0.4) is 0 Å². The van der Waals surface area contributed by atoms with Gasteiger partial charge in [0.05, 0.1) is 11.6 Å². The first-order valence-corrected chi connectivity index (χ1v) is 4.48. The molecule has 0 aliphatic carbocycles. The van der Waals surface area contributed by atoms with Crippen LogP contribution in [0.2, 0.25) is 0 Å². The quantitative estimate of drug-likeness (QED) is 0.764.